The minimum atomic E-state index is 0.336. The predicted octanol–water partition coefficient (Wildman–Crippen LogP) is 3.12. The highest BCUT2D eigenvalue weighted by Crippen LogP contribution is 2.16. The molecule has 18 heavy (non-hydrogen) atoms. The molecule has 0 spiro atoms. The molecule has 0 fully saturated rings. The maximum atomic E-state index is 6.19. The molecule has 2 N–H and O–H groups in total. The van der Waals surface area contributed by atoms with E-state index in [1.54, 1.807) is 0 Å². The van der Waals surface area contributed by atoms with Crippen molar-refractivity contribution < 1.29 is 0 Å². The van der Waals surface area contributed by atoms with Crippen molar-refractivity contribution in [3.8, 4) is 0 Å². The summed E-state index contributed by atoms with van der Waals surface area (Å²) in [6.07, 6.45) is 5.83. The summed E-state index contributed by atoms with van der Waals surface area (Å²) in [7, 11) is 2.01. The van der Waals surface area contributed by atoms with E-state index in [9.17, 15) is 0 Å². The summed E-state index contributed by atoms with van der Waals surface area (Å²) in [6, 6.07) is 0.336. The van der Waals surface area contributed by atoms with E-state index in [1.165, 1.54) is 24.1 Å². The molecule has 0 saturated carbocycles. The third kappa shape index (κ3) is 4.45. The highest BCUT2D eigenvalue weighted by atomic mass is 15.3. The van der Waals surface area contributed by atoms with Crippen LogP contribution in [0, 0.1) is 19.8 Å². The molecule has 0 radical (unpaired) electrons. The molecular formula is C15H29N3. The van der Waals surface area contributed by atoms with Gasteiger partial charge in [-0.05, 0) is 44.6 Å². The van der Waals surface area contributed by atoms with Crippen molar-refractivity contribution in [2.75, 3.05) is 0 Å². The third-order valence-corrected chi connectivity index (χ3v) is 3.78. The van der Waals surface area contributed by atoms with Crippen molar-refractivity contribution in [3.63, 3.8) is 0 Å². The smallest absolute Gasteiger partial charge is 0.0628 e. The molecule has 3 nitrogen and oxygen atoms in total. The van der Waals surface area contributed by atoms with E-state index in [0.717, 1.165) is 30.9 Å². The zero-order valence-corrected chi connectivity index (χ0v) is 12.7. The summed E-state index contributed by atoms with van der Waals surface area (Å²) >= 11 is 0. The molecular weight excluding hydrogens is 222 g/mol. The summed E-state index contributed by atoms with van der Waals surface area (Å²) in [4.78, 5) is 0. The van der Waals surface area contributed by atoms with E-state index < -0.39 is 0 Å². The van der Waals surface area contributed by atoms with Gasteiger partial charge in [-0.3, -0.25) is 4.68 Å². The predicted molar refractivity (Wildman–Crippen MR) is 77.7 cm³/mol. The summed E-state index contributed by atoms with van der Waals surface area (Å²) in [5.41, 5.74) is 10.0. The van der Waals surface area contributed by atoms with Crippen LogP contribution < -0.4 is 5.73 Å². The normalized spacial score (nSPS) is 13.3. The SMILES string of the molecule is Cc1nn(C)c(C)c1CCC(N)CCCC(C)C. The van der Waals surface area contributed by atoms with E-state index in [-0.39, 0.29) is 0 Å². The van der Waals surface area contributed by atoms with Gasteiger partial charge in [0.1, 0.15) is 0 Å². The van der Waals surface area contributed by atoms with Crippen LogP contribution in [-0.4, -0.2) is 15.8 Å². The number of hydrogen-bond acceptors (Lipinski definition) is 2. The standard InChI is InChI=1S/C15H29N3/c1-11(2)7-6-8-14(16)9-10-15-12(3)17-18(5)13(15)4/h11,14H,6-10,16H2,1-5H3. The molecule has 1 aromatic heterocycles. The fourth-order valence-corrected chi connectivity index (χ4v) is 2.44. The number of nitrogens with zero attached hydrogens (tertiary/aromatic N) is 2. The summed E-state index contributed by atoms with van der Waals surface area (Å²) in [5, 5.41) is 4.45. The average molecular weight is 251 g/mol. The van der Waals surface area contributed by atoms with Gasteiger partial charge in [0.05, 0.1) is 5.69 Å². The molecule has 104 valence electrons. The molecule has 1 atom stereocenters. The van der Waals surface area contributed by atoms with Crippen LogP contribution in [0.3, 0.4) is 0 Å². The minimum Gasteiger partial charge on any atom is -0.328 e. The van der Waals surface area contributed by atoms with Gasteiger partial charge < -0.3 is 5.73 Å². The van der Waals surface area contributed by atoms with Gasteiger partial charge in [0, 0.05) is 18.8 Å². The Morgan fingerprint density at radius 2 is 1.83 bits per heavy atom. The second kappa shape index (κ2) is 6.93. The molecule has 0 aliphatic carbocycles. The van der Waals surface area contributed by atoms with Gasteiger partial charge in [-0.2, -0.15) is 5.10 Å². The zero-order valence-electron chi connectivity index (χ0n) is 12.7. The summed E-state index contributed by atoms with van der Waals surface area (Å²) < 4.78 is 1.97. The molecule has 0 bridgehead atoms. The lowest BCUT2D eigenvalue weighted by atomic mass is 9.98. The number of nitrogens with two attached hydrogens (primary N) is 1. The number of aryl methyl sites for hydroxylation is 2. The molecule has 0 saturated heterocycles. The Morgan fingerprint density at radius 3 is 2.33 bits per heavy atom. The van der Waals surface area contributed by atoms with E-state index >= 15 is 0 Å². The Hall–Kier alpha value is -0.830. The molecule has 1 heterocycles. The zero-order chi connectivity index (χ0) is 13.7. The van der Waals surface area contributed by atoms with Gasteiger partial charge in [0.2, 0.25) is 0 Å². The highest BCUT2D eigenvalue weighted by Gasteiger charge is 2.11. The quantitative estimate of drug-likeness (QED) is 0.809. The maximum absolute atomic E-state index is 6.19. The number of rotatable bonds is 7. The van der Waals surface area contributed by atoms with Crippen LogP contribution in [0.5, 0.6) is 0 Å². The summed E-state index contributed by atoms with van der Waals surface area (Å²) in [6.45, 7) is 8.77. The highest BCUT2D eigenvalue weighted by molar-refractivity contribution is 5.24. The molecule has 0 amide bonds. The van der Waals surface area contributed by atoms with Gasteiger partial charge in [0.25, 0.3) is 0 Å². The topological polar surface area (TPSA) is 43.8 Å². The first kappa shape index (κ1) is 15.2. The van der Waals surface area contributed by atoms with Crippen molar-refractivity contribution in [2.45, 2.75) is 65.8 Å². The van der Waals surface area contributed by atoms with Gasteiger partial charge in [-0.25, -0.2) is 0 Å². The van der Waals surface area contributed by atoms with E-state index in [0.29, 0.717) is 6.04 Å². The van der Waals surface area contributed by atoms with Gasteiger partial charge in [-0.15, -0.1) is 0 Å². The summed E-state index contributed by atoms with van der Waals surface area (Å²) in [5.74, 6) is 0.792. The molecule has 1 rings (SSSR count). The van der Waals surface area contributed by atoms with Crippen molar-refractivity contribution in [1.82, 2.24) is 9.78 Å². The second-order valence-electron chi connectivity index (χ2n) is 5.90. The molecule has 3 heteroatoms. The van der Waals surface area contributed by atoms with Crippen LogP contribution in [-0.2, 0) is 13.5 Å². The van der Waals surface area contributed by atoms with E-state index in [1.807, 2.05) is 11.7 Å². The Labute approximate surface area is 112 Å². The third-order valence-electron chi connectivity index (χ3n) is 3.78. The van der Waals surface area contributed by atoms with Gasteiger partial charge >= 0.3 is 0 Å². The number of hydrogen-bond donors (Lipinski definition) is 1. The Kier molecular flexibility index (Phi) is 5.86. The monoisotopic (exact) mass is 251 g/mol. The molecule has 0 aliphatic rings. The molecule has 1 unspecified atom stereocenters. The fourth-order valence-electron chi connectivity index (χ4n) is 2.44. The van der Waals surface area contributed by atoms with Crippen LogP contribution in [0.1, 0.15) is 56.5 Å². The van der Waals surface area contributed by atoms with Gasteiger partial charge in [0.15, 0.2) is 0 Å². The molecule has 0 aliphatic heterocycles. The Morgan fingerprint density at radius 1 is 1.17 bits per heavy atom. The van der Waals surface area contributed by atoms with E-state index in [2.05, 4.69) is 32.8 Å². The first-order valence-electron chi connectivity index (χ1n) is 7.16. The van der Waals surface area contributed by atoms with Gasteiger partial charge in [-0.1, -0.05) is 26.7 Å². The first-order valence-corrected chi connectivity index (χ1v) is 7.16. The maximum Gasteiger partial charge on any atom is 0.0628 e. The van der Waals surface area contributed by atoms with E-state index in [4.69, 9.17) is 5.73 Å². The van der Waals surface area contributed by atoms with Crippen molar-refractivity contribution in [3.05, 3.63) is 17.0 Å². The fraction of sp³-hybridized carbons (Fsp3) is 0.800. The van der Waals surface area contributed by atoms with Crippen LogP contribution in [0.4, 0.5) is 0 Å². The lowest BCUT2D eigenvalue weighted by Gasteiger charge is -2.12. The largest absolute Gasteiger partial charge is 0.328 e. The second-order valence-corrected chi connectivity index (χ2v) is 5.90. The van der Waals surface area contributed by atoms with Crippen LogP contribution >= 0.6 is 0 Å². The lowest BCUT2D eigenvalue weighted by Crippen LogP contribution is -2.21. The Balaban J connectivity index is 2.36. The molecule has 0 aromatic carbocycles. The van der Waals surface area contributed by atoms with Crippen LogP contribution in [0.25, 0.3) is 0 Å². The first-order chi connectivity index (χ1) is 8.41. The van der Waals surface area contributed by atoms with Crippen molar-refractivity contribution in [1.29, 1.82) is 0 Å². The van der Waals surface area contributed by atoms with Crippen molar-refractivity contribution >= 4 is 0 Å². The van der Waals surface area contributed by atoms with Crippen LogP contribution in [0.2, 0.25) is 0 Å². The molecule has 1 aromatic rings. The van der Waals surface area contributed by atoms with Crippen LogP contribution in [0.15, 0.2) is 0 Å². The minimum absolute atomic E-state index is 0.336. The Bertz CT molecular complexity index is 366. The lowest BCUT2D eigenvalue weighted by molar-refractivity contribution is 0.482. The number of aromatic nitrogens is 2. The average Bonchev–Trinajstić information content (AvgIpc) is 2.50. The van der Waals surface area contributed by atoms with Crippen molar-refractivity contribution in [2.24, 2.45) is 18.7 Å².